The van der Waals surface area contributed by atoms with Gasteiger partial charge in [-0.15, -0.1) is 11.3 Å². The van der Waals surface area contributed by atoms with Gasteiger partial charge in [0, 0.05) is 10.4 Å². The van der Waals surface area contributed by atoms with Crippen LogP contribution in [0.15, 0.2) is 18.2 Å². The highest BCUT2D eigenvalue weighted by atomic mass is 32.1. The number of carbonyl (C=O) groups is 3. The highest BCUT2D eigenvalue weighted by molar-refractivity contribution is 7.17. The number of aryl methyl sites for hydroxylation is 3. The van der Waals surface area contributed by atoms with Crippen LogP contribution in [0.5, 0.6) is 5.75 Å². The van der Waals surface area contributed by atoms with Gasteiger partial charge in [-0.3, -0.25) is 14.5 Å². The number of esters is 1. The largest absolute Gasteiger partial charge is 0.478 e. The number of ether oxygens (including phenoxy) is 2. The second kappa shape index (κ2) is 9.51. The van der Waals surface area contributed by atoms with E-state index in [2.05, 4.69) is 15.3 Å². The number of amides is 2. The summed E-state index contributed by atoms with van der Waals surface area (Å²) >= 11 is 2.62. The van der Waals surface area contributed by atoms with Crippen molar-refractivity contribution < 1.29 is 23.9 Å². The van der Waals surface area contributed by atoms with Crippen molar-refractivity contribution in [2.45, 2.75) is 40.2 Å². The Balaban J connectivity index is 1.62. The van der Waals surface area contributed by atoms with Gasteiger partial charge in [-0.2, -0.15) is 0 Å². The van der Waals surface area contributed by atoms with E-state index in [1.807, 2.05) is 39.0 Å². The maximum Gasteiger partial charge on any atom is 0.350 e. The van der Waals surface area contributed by atoms with Crippen LogP contribution in [0, 0.1) is 20.8 Å². The van der Waals surface area contributed by atoms with E-state index in [-0.39, 0.29) is 17.6 Å². The molecule has 4 rings (SSSR count). The number of anilines is 2. The highest BCUT2D eigenvalue weighted by Gasteiger charge is 2.35. The van der Waals surface area contributed by atoms with Crippen molar-refractivity contribution in [1.29, 1.82) is 0 Å². The smallest absolute Gasteiger partial charge is 0.350 e. The van der Waals surface area contributed by atoms with Gasteiger partial charge in [0.15, 0.2) is 11.2 Å². The Bertz CT molecular complexity index is 1280. The molecule has 2 aromatic heterocycles. The molecule has 0 bridgehead atoms. The van der Waals surface area contributed by atoms with Gasteiger partial charge in [-0.05, 0) is 45.4 Å². The number of fused-ring (bicyclic) bond motifs is 1. The Morgan fingerprint density at radius 1 is 1.21 bits per heavy atom. The van der Waals surface area contributed by atoms with E-state index in [0.717, 1.165) is 32.5 Å². The number of hydrogen-bond donors (Lipinski definition) is 1. The maximum atomic E-state index is 13.1. The van der Waals surface area contributed by atoms with Crippen molar-refractivity contribution in [3.05, 3.63) is 38.7 Å². The monoisotopic (exact) mass is 500 g/mol. The summed E-state index contributed by atoms with van der Waals surface area (Å²) in [7, 11) is 1.29. The van der Waals surface area contributed by atoms with Crippen LogP contribution in [0.4, 0.5) is 10.8 Å². The molecule has 2 amide bonds. The van der Waals surface area contributed by atoms with Crippen molar-refractivity contribution in [2.24, 2.45) is 0 Å². The number of carbonyl (C=O) groups excluding carboxylic acids is 3. The lowest BCUT2D eigenvalue weighted by atomic mass is 10.1. The Labute approximate surface area is 204 Å². The number of hydrogen-bond acceptors (Lipinski definition) is 9. The predicted molar refractivity (Wildman–Crippen MR) is 131 cm³/mol. The van der Waals surface area contributed by atoms with E-state index in [9.17, 15) is 14.4 Å². The third kappa shape index (κ3) is 4.53. The van der Waals surface area contributed by atoms with Crippen LogP contribution in [0.3, 0.4) is 0 Å². The van der Waals surface area contributed by atoms with Crippen LogP contribution in [0.25, 0.3) is 11.3 Å². The first kappa shape index (κ1) is 23.8. The standard InChI is InChI=1S/C23H24N4O5S2/c1-6-16-21(29)27(10-18(28)26-23-24-11(2)20(34-23)22(30)31-5)15-9-14(7-8-17(15)32-16)19-12(3)33-13(4)25-19/h7-9,16H,6,10H2,1-5H3,(H,24,26,28). The number of nitrogens with zero attached hydrogens (tertiary/aromatic N) is 3. The molecular formula is C23H24N4O5S2. The quantitative estimate of drug-likeness (QED) is 0.507. The molecule has 0 spiro atoms. The van der Waals surface area contributed by atoms with Crippen LogP contribution in [0.2, 0.25) is 0 Å². The lowest BCUT2D eigenvalue weighted by Gasteiger charge is -2.34. The molecule has 0 saturated heterocycles. The summed E-state index contributed by atoms with van der Waals surface area (Å²) in [6.07, 6.45) is -0.209. The third-order valence-electron chi connectivity index (χ3n) is 5.32. The minimum atomic E-state index is -0.678. The molecule has 0 radical (unpaired) electrons. The predicted octanol–water partition coefficient (Wildman–Crippen LogP) is 4.12. The van der Waals surface area contributed by atoms with Gasteiger partial charge < -0.3 is 14.8 Å². The molecule has 1 aliphatic rings. The molecule has 0 fully saturated rings. The van der Waals surface area contributed by atoms with Gasteiger partial charge >= 0.3 is 5.97 Å². The third-order valence-corrected chi connectivity index (χ3v) is 7.26. The lowest BCUT2D eigenvalue weighted by molar-refractivity contribution is -0.128. The number of nitrogens with one attached hydrogen (secondary N) is 1. The molecule has 1 aromatic carbocycles. The average molecular weight is 501 g/mol. The lowest BCUT2D eigenvalue weighted by Crippen LogP contribution is -2.48. The fourth-order valence-electron chi connectivity index (χ4n) is 3.72. The zero-order valence-electron chi connectivity index (χ0n) is 19.4. The minimum absolute atomic E-state index is 0.226. The number of aromatic nitrogens is 2. The number of rotatable bonds is 6. The van der Waals surface area contributed by atoms with Gasteiger partial charge in [0.1, 0.15) is 17.2 Å². The van der Waals surface area contributed by atoms with E-state index in [1.165, 1.54) is 12.0 Å². The Kier molecular flexibility index (Phi) is 6.67. The summed E-state index contributed by atoms with van der Waals surface area (Å²) in [4.78, 5) is 49.5. The van der Waals surface area contributed by atoms with E-state index < -0.39 is 18.0 Å². The van der Waals surface area contributed by atoms with E-state index in [1.54, 1.807) is 18.3 Å². The number of benzene rings is 1. The van der Waals surface area contributed by atoms with Gasteiger partial charge in [0.2, 0.25) is 5.91 Å². The highest BCUT2D eigenvalue weighted by Crippen LogP contribution is 2.39. The Morgan fingerprint density at radius 3 is 2.62 bits per heavy atom. The Hall–Kier alpha value is -3.31. The summed E-state index contributed by atoms with van der Waals surface area (Å²) in [5.41, 5.74) is 2.66. The van der Waals surface area contributed by atoms with Crippen LogP contribution in [-0.4, -0.2) is 47.5 Å². The fourth-order valence-corrected chi connectivity index (χ4v) is 5.46. The number of methoxy groups -OCH3 is 1. The molecule has 1 unspecified atom stereocenters. The molecule has 178 valence electrons. The molecule has 3 aromatic rings. The van der Waals surface area contributed by atoms with Crippen LogP contribution >= 0.6 is 22.7 Å². The summed E-state index contributed by atoms with van der Waals surface area (Å²) in [5, 5.41) is 3.90. The van der Waals surface area contributed by atoms with Gasteiger partial charge in [0.25, 0.3) is 5.91 Å². The molecule has 0 aliphatic carbocycles. The summed E-state index contributed by atoms with van der Waals surface area (Å²) in [6, 6.07) is 5.55. The van der Waals surface area contributed by atoms with E-state index in [0.29, 0.717) is 28.4 Å². The molecule has 34 heavy (non-hydrogen) atoms. The molecule has 1 aliphatic heterocycles. The van der Waals surface area contributed by atoms with Gasteiger partial charge in [-0.1, -0.05) is 18.3 Å². The first-order chi connectivity index (χ1) is 16.2. The second-order valence-electron chi connectivity index (χ2n) is 7.73. The zero-order valence-corrected chi connectivity index (χ0v) is 21.1. The Morgan fingerprint density at radius 2 is 1.97 bits per heavy atom. The molecular weight excluding hydrogens is 476 g/mol. The minimum Gasteiger partial charge on any atom is -0.478 e. The van der Waals surface area contributed by atoms with Gasteiger partial charge in [0.05, 0.1) is 29.2 Å². The summed E-state index contributed by atoms with van der Waals surface area (Å²) in [6.45, 7) is 7.24. The SMILES string of the molecule is CCC1Oc2ccc(-c3nc(C)sc3C)cc2N(CC(=O)Nc2nc(C)c(C(=O)OC)s2)C1=O. The molecule has 9 nitrogen and oxygen atoms in total. The topological polar surface area (TPSA) is 111 Å². The van der Waals surface area contributed by atoms with Crippen LogP contribution in [0.1, 0.15) is 38.6 Å². The summed E-state index contributed by atoms with van der Waals surface area (Å²) < 4.78 is 10.6. The van der Waals surface area contributed by atoms with Crippen molar-refractivity contribution in [3.63, 3.8) is 0 Å². The summed E-state index contributed by atoms with van der Waals surface area (Å²) in [5.74, 6) is -0.712. The molecule has 1 N–H and O–H groups in total. The van der Waals surface area contributed by atoms with E-state index >= 15 is 0 Å². The first-order valence-electron chi connectivity index (χ1n) is 10.6. The van der Waals surface area contributed by atoms with Crippen molar-refractivity contribution in [1.82, 2.24) is 9.97 Å². The molecule has 11 heteroatoms. The van der Waals surface area contributed by atoms with Crippen molar-refractivity contribution in [2.75, 3.05) is 23.9 Å². The number of thiazole rings is 2. The molecule has 3 heterocycles. The van der Waals surface area contributed by atoms with E-state index in [4.69, 9.17) is 9.47 Å². The normalized spacial score (nSPS) is 15.0. The van der Waals surface area contributed by atoms with Crippen LogP contribution < -0.4 is 15.0 Å². The second-order valence-corrected chi connectivity index (χ2v) is 10.1. The zero-order chi connectivity index (χ0) is 24.6. The fraction of sp³-hybridized carbons (Fsp3) is 0.348. The molecule has 0 saturated carbocycles. The van der Waals surface area contributed by atoms with Crippen LogP contribution in [-0.2, 0) is 14.3 Å². The van der Waals surface area contributed by atoms with Gasteiger partial charge in [-0.25, -0.2) is 14.8 Å². The van der Waals surface area contributed by atoms with Crippen molar-refractivity contribution >= 4 is 51.3 Å². The maximum absolute atomic E-state index is 13.1. The average Bonchev–Trinajstić information content (AvgIpc) is 3.34. The molecule has 1 atom stereocenters. The van der Waals surface area contributed by atoms with Crippen molar-refractivity contribution in [3.8, 4) is 17.0 Å². The first-order valence-corrected chi connectivity index (χ1v) is 12.3.